The average Bonchev–Trinajstić information content (AvgIpc) is 2.28. The third kappa shape index (κ3) is 0.706. The molecule has 0 amide bonds. The molecular formula is C8H7ClO. The molecule has 0 atom stereocenters. The van der Waals surface area contributed by atoms with E-state index < -0.39 is 0 Å². The molecule has 2 bridgehead atoms. The van der Waals surface area contributed by atoms with Gasteiger partial charge in [0.15, 0.2) is 0 Å². The van der Waals surface area contributed by atoms with Gasteiger partial charge in [0.05, 0.1) is 5.02 Å². The Morgan fingerprint density at radius 2 is 2.30 bits per heavy atom. The molecule has 0 radical (unpaired) electrons. The lowest BCUT2D eigenvalue weighted by Crippen LogP contribution is -1.84. The van der Waals surface area contributed by atoms with Crippen LogP contribution in [0.15, 0.2) is 12.1 Å². The van der Waals surface area contributed by atoms with Crippen molar-refractivity contribution >= 4 is 11.6 Å². The summed E-state index contributed by atoms with van der Waals surface area (Å²) in [5.41, 5.74) is 2.46. The topological polar surface area (TPSA) is 9.23 Å². The second kappa shape index (κ2) is 1.89. The van der Waals surface area contributed by atoms with E-state index in [2.05, 4.69) is 0 Å². The molecule has 0 fully saturated rings. The number of benzene rings is 1. The van der Waals surface area contributed by atoms with Crippen LogP contribution in [0.2, 0.25) is 5.02 Å². The second-order valence-corrected chi connectivity index (χ2v) is 2.90. The summed E-state index contributed by atoms with van der Waals surface area (Å²) in [4.78, 5) is 0. The van der Waals surface area contributed by atoms with Crippen molar-refractivity contribution in [2.24, 2.45) is 0 Å². The molecule has 0 N–H and O–H groups in total. The van der Waals surface area contributed by atoms with Crippen molar-refractivity contribution in [2.45, 2.75) is 13.5 Å². The molecule has 10 heavy (non-hydrogen) atoms. The van der Waals surface area contributed by atoms with Crippen LogP contribution in [0.25, 0.3) is 0 Å². The van der Waals surface area contributed by atoms with Gasteiger partial charge in [0.2, 0.25) is 0 Å². The molecule has 0 spiro atoms. The SMILES string of the molecule is Cc1cc(Cl)c2cc1CO2. The van der Waals surface area contributed by atoms with E-state index >= 15 is 0 Å². The molecule has 0 saturated heterocycles. The number of hydrogen-bond donors (Lipinski definition) is 0. The Kier molecular flexibility index (Phi) is 1.15. The predicted octanol–water partition coefficient (Wildman–Crippen LogP) is 2.54. The van der Waals surface area contributed by atoms with Crippen LogP contribution < -0.4 is 4.74 Å². The van der Waals surface area contributed by atoms with Crippen LogP contribution in [0.1, 0.15) is 11.1 Å². The van der Waals surface area contributed by atoms with Crippen molar-refractivity contribution in [1.82, 2.24) is 0 Å². The van der Waals surface area contributed by atoms with Gasteiger partial charge >= 0.3 is 0 Å². The van der Waals surface area contributed by atoms with E-state index in [1.807, 2.05) is 19.1 Å². The summed E-state index contributed by atoms with van der Waals surface area (Å²) in [5, 5.41) is 0.721. The number of aryl methyl sites for hydroxylation is 1. The summed E-state index contributed by atoms with van der Waals surface area (Å²) >= 11 is 5.84. The fourth-order valence-electron chi connectivity index (χ4n) is 1.12. The third-order valence-corrected chi connectivity index (χ3v) is 2.07. The molecule has 1 aliphatic rings. The molecule has 2 heteroatoms. The number of hydrogen-bond acceptors (Lipinski definition) is 1. The molecule has 1 nitrogen and oxygen atoms in total. The van der Waals surface area contributed by atoms with Crippen LogP contribution in [0.5, 0.6) is 5.75 Å². The van der Waals surface area contributed by atoms with Gasteiger partial charge in [-0.15, -0.1) is 0 Å². The van der Waals surface area contributed by atoms with Crippen molar-refractivity contribution < 1.29 is 4.74 Å². The van der Waals surface area contributed by atoms with Crippen molar-refractivity contribution in [3.8, 4) is 5.75 Å². The van der Waals surface area contributed by atoms with Crippen LogP contribution in [-0.4, -0.2) is 0 Å². The first-order valence-corrected chi connectivity index (χ1v) is 3.57. The molecule has 0 saturated carbocycles. The van der Waals surface area contributed by atoms with E-state index in [-0.39, 0.29) is 0 Å². The van der Waals surface area contributed by atoms with Gasteiger partial charge in [0, 0.05) is 0 Å². The van der Waals surface area contributed by atoms with Gasteiger partial charge in [0.25, 0.3) is 0 Å². The lowest BCUT2D eigenvalue weighted by atomic mass is 10.1. The van der Waals surface area contributed by atoms with Crippen molar-refractivity contribution in [3.63, 3.8) is 0 Å². The maximum absolute atomic E-state index is 5.84. The van der Waals surface area contributed by atoms with E-state index in [0.29, 0.717) is 6.61 Å². The molecule has 1 aromatic rings. The molecule has 0 aliphatic carbocycles. The molecule has 1 heterocycles. The number of rotatable bonds is 0. The highest BCUT2D eigenvalue weighted by Crippen LogP contribution is 2.33. The van der Waals surface area contributed by atoms with Crippen molar-refractivity contribution in [2.75, 3.05) is 0 Å². The quantitative estimate of drug-likeness (QED) is 0.558. The van der Waals surface area contributed by atoms with Gasteiger partial charge in [-0.25, -0.2) is 0 Å². The summed E-state index contributed by atoms with van der Waals surface area (Å²) in [6, 6.07) is 3.94. The minimum atomic E-state index is 0.688. The molecule has 1 aliphatic heterocycles. The summed E-state index contributed by atoms with van der Waals surface area (Å²) < 4.78 is 5.26. The van der Waals surface area contributed by atoms with Crippen LogP contribution in [0.3, 0.4) is 0 Å². The fraction of sp³-hybridized carbons (Fsp3) is 0.250. The van der Waals surface area contributed by atoms with E-state index in [1.54, 1.807) is 0 Å². The Balaban J connectivity index is 2.68. The Bertz CT molecular complexity index is 256. The lowest BCUT2D eigenvalue weighted by molar-refractivity contribution is 0.327. The molecule has 1 aromatic carbocycles. The smallest absolute Gasteiger partial charge is 0.138 e. The van der Waals surface area contributed by atoms with Gasteiger partial charge in [-0.2, -0.15) is 0 Å². The highest BCUT2D eigenvalue weighted by molar-refractivity contribution is 6.32. The highest BCUT2D eigenvalue weighted by Gasteiger charge is 2.13. The van der Waals surface area contributed by atoms with E-state index in [9.17, 15) is 0 Å². The minimum Gasteiger partial charge on any atom is -0.487 e. The van der Waals surface area contributed by atoms with Gasteiger partial charge in [-0.3, -0.25) is 0 Å². The molecule has 0 unspecified atom stereocenters. The first-order chi connectivity index (χ1) is 4.77. The zero-order chi connectivity index (χ0) is 7.14. The third-order valence-electron chi connectivity index (χ3n) is 1.77. The van der Waals surface area contributed by atoms with Gasteiger partial charge in [0.1, 0.15) is 12.4 Å². The molecule has 52 valence electrons. The maximum atomic E-state index is 5.84. The second-order valence-electron chi connectivity index (χ2n) is 2.50. The molecular weight excluding hydrogens is 148 g/mol. The van der Waals surface area contributed by atoms with Gasteiger partial charge < -0.3 is 4.74 Å². The Hall–Kier alpha value is -0.690. The summed E-state index contributed by atoms with van der Waals surface area (Å²) in [5.74, 6) is 0.822. The summed E-state index contributed by atoms with van der Waals surface area (Å²) in [6.45, 7) is 2.73. The van der Waals surface area contributed by atoms with Crippen molar-refractivity contribution in [3.05, 3.63) is 28.3 Å². The standard InChI is InChI=1S/C8H7ClO/c1-5-2-7(9)8-3-6(5)4-10-8/h2-3H,4H2,1H3. The maximum Gasteiger partial charge on any atom is 0.138 e. The fourth-order valence-corrected chi connectivity index (χ4v) is 1.39. The van der Waals surface area contributed by atoms with Crippen LogP contribution in [0.4, 0.5) is 0 Å². The van der Waals surface area contributed by atoms with Crippen LogP contribution in [-0.2, 0) is 6.61 Å². The predicted molar refractivity (Wildman–Crippen MR) is 40.5 cm³/mol. The minimum absolute atomic E-state index is 0.688. The normalized spacial score (nSPS) is 13.4. The van der Waals surface area contributed by atoms with Crippen LogP contribution >= 0.6 is 11.6 Å². The summed E-state index contributed by atoms with van der Waals surface area (Å²) in [6.07, 6.45) is 0. The van der Waals surface area contributed by atoms with Crippen LogP contribution in [0, 0.1) is 6.92 Å². The molecule has 0 aromatic heterocycles. The van der Waals surface area contributed by atoms with E-state index in [0.717, 1.165) is 10.8 Å². The first kappa shape index (κ1) is 6.05. The van der Waals surface area contributed by atoms with Gasteiger partial charge in [-0.05, 0) is 30.2 Å². The number of ether oxygens (including phenoxy) is 1. The first-order valence-electron chi connectivity index (χ1n) is 3.19. The Morgan fingerprint density at radius 3 is 3.10 bits per heavy atom. The highest BCUT2D eigenvalue weighted by atomic mass is 35.5. The number of fused-ring (bicyclic) bond motifs is 2. The van der Waals surface area contributed by atoms with E-state index in [4.69, 9.17) is 16.3 Å². The van der Waals surface area contributed by atoms with Gasteiger partial charge in [-0.1, -0.05) is 11.6 Å². The lowest BCUT2D eigenvalue weighted by Gasteiger charge is -1.94. The van der Waals surface area contributed by atoms with Crippen molar-refractivity contribution in [1.29, 1.82) is 0 Å². The largest absolute Gasteiger partial charge is 0.487 e. The Morgan fingerprint density at radius 1 is 1.50 bits per heavy atom. The van der Waals surface area contributed by atoms with E-state index in [1.165, 1.54) is 11.1 Å². The zero-order valence-electron chi connectivity index (χ0n) is 5.65. The average molecular weight is 155 g/mol. The zero-order valence-corrected chi connectivity index (χ0v) is 6.40. The number of halogens is 1. The molecule has 2 rings (SSSR count). The summed E-state index contributed by atoms with van der Waals surface area (Å²) in [7, 11) is 0. The Labute approximate surface area is 64.6 Å². The monoisotopic (exact) mass is 154 g/mol.